The molecule has 9 nitrogen and oxygen atoms in total. The molecule has 3 aromatic heterocycles. The Morgan fingerprint density at radius 1 is 1.32 bits per heavy atom. The van der Waals surface area contributed by atoms with Crippen molar-refractivity contribution >= 4 is 28.3 Å². The maximum Gasteiger partial charge on any atom is 0.260 e. The van der Waals surface area contributed by atoms with Crippen LogP contribution in [0, 0.1) is 5.92 Å². The number of aromatic nitrogens is 5. The van der Waals surface area contributed by atoms with Crippen LogP contribution in [0.25, 0.3) is 16.6 Å². The van der Waals surface area contributed by atoms with Gasteiger partial charge >= 0.3 is 0 Å². The van der Waals surface area contributed by atoms with Crippen LogP contribution >= 0.6 is 0 Å². The molecule has 1 fully saturated rings. The first-order valence-corrected chi connectivity index (χ1v) is 10.4. The summed E-state index contributed by atoms with van der Waals surface area (Å²) in [6.45, 7) is 2.14. The van der Waals surface area contributed by atoms with Crippen LogP contribution in [-0.4, -0.2) is 48.6 Å². The lowest BCUT2D eigenvalue weighted by Gasteiger charge is -2.31. The number of carbonyl (C=O) groups is 1. The van der Waals surface area contributed by atoms with Crippen molar-refractivity contribution in [1.29, 1.82) is 0 Å². The van der Waals surface area contributed by atoms with Gasteiger partial charge in [0.15, 0.2) is 11.5 Å². The first-order valence-electron chi connectivity index (χ1n) is 10.4. The number of hydrogen-bond acceptors (Lipinski definition) is 6. The zero-order chi connectivity index (χ0) is 21.5. The van der Waals surface area contributed by atoms with Gasteiger partial charge in [-0.25, -0.2) is 4.98 Å². The van der Waals surface area contributed by atoms with E-state index in [9.17, 15) is 9.90 Å². The molecule has 0 bridgehead atoms. The Hall–Kier alpha value is -3.46. The van der Waals surface area contributed by atoms with E-state index in [1.807, 2.05) is 16.9 Å². The Bertz CT molecular complexity index is 1260. The second-order valence-electron chi connectivity index (χ2n) is 8.12. The summed E-state index contributed by atoms with van der Waals surface area (Å²) in [6, 6.07) is 7.41. The third-order valence-electron chi connectivity index (χ3n) is 6.04. The predicted molar refractivity (Wildman–Crippen MR) is 115 cm³/mol. The highest BCUT2D eigenvalue weighted by Gasteiger charge is 2.28. The normalized spacial score (nSPS) is 21.5. The molecule has 1 aliphatic rings. The summed E-state index contributed by atoms with van der Waals surface area (Å²) in [4.78, 5) is 17.3. The van der Waals surface area contributed by atoms with Crippen molar-refractivity contribution in [1.82, 2.24) is 24.4 Å². The number of rotatable bonds is 4. The molecule has 31 heavy (non-hydrogen) atoms. The van der Waals surface area contributed by atoms with Crippen molar-refractivity contribution in [3.63, 3.8) is 0 Å². The lowest BCUT2D eigenvalue weighted by molar-refractivity contribution is 0.0750. The number of amides is 1. The Balaban J connectivity index is 1.47. The molecule has 0 aliphatic heterocycles. The second-order valence-corrected chi connectivity index (χ2v) is 8.12. The minimum Gasteiger partial charge on any atom is -0.496 e. The van der Waals surface area contributed by atoms with E-state index in [4.69, 9.17) is 9.84 Å². The molecule has 9 heteroatoms. The Morgan fingerprint density at radius 2 is 2.19 bits per heavy atom. The summed E-state index contributed by atoms with van der Waals surface area (Å²) in [5, 5.41) is 22.6. The van der Waals surface area contributed by atoms with Crippen LogP contribution in [0.3, 0.4) is 0 Å². The van der Waals surface area contributed by atoms with E-state index >= 15 is 0 Å². The first-order chi connectivity index (χ1) is 15.0. The maximum absolute atomic E-state index is 13.1. The van der Waals surface area contributed by atoms with Gasteiger partial charge < -0.3 is 15.2 Å². The van der Waals surface area contributed by atoms with Crippen LogP contribution in [0.4, 0.5) is 5.82 Å². The number of imidazole rings is 1. The molecule has 0 radical (unpaired) electrons. The van der Waals surface area contributed by atoms with Crippen molar-refractivity contribution in [2.24, 2.45) is 5.92 Å². The minimum atomic E-state index is -0.312. The van der Waals surface area contributed by atoms with Gasteiger partial charge in [0.1, 0.15) is 5.75 Å². The van der Waals surface area contributed by atoms with Crippen LogP contribution in [0.1, 0.15) is 42.6 Å². The van der Waals surface area contributed by atoms with Gasteiger partial charge in [-0.3, -0.25) is 9.48 Å². The van der Waals surface area contributed by atoms with Gasteiger partial charge in [-0.1, -0.05) is 6.92 Å². The predicted octanol–water partition coefficient (Wildman–Crippen LogP) is 3.06. The van der Waals surface area contributed by atoms with Crippen molar-refractivity contribution in [3.05, 3.63) is 48.4 Å². The summed E-state index contributed by atoms with van der Waals surface area (Å²) < 4.78 is 9.03. The average Bonchev–Trinajstić information content (AvgIpc) is 3.36. The molecule has 0 saturated heterocycles. The Morgan fingerprint density at radius 3 is 3.00 bits per heavy atom. The third-order valence-corrected chi connectivity index (χ3v) is 6.04. The number of ether oxygens (including phenoxy) is 1. The lowest BCUT2D eigenvalue weighted by Crippen LogP contribution is -2.28. The summed E-state index contributed by atoms with van der Waals surface area (Å²) >= 11 is 0. The summed E-state index contributed by atoms with van der Waals surface area (Å²) in [6.07, 6.45) is 7.36. The molecule has 1 aliphatic carbocycles. The lowest BCUT2D eigenvalue weighted by atomic mass is 9.84. The van der Waals surface area contributed by atoms with E-state index in [-0.39, 0.29) is 18.1 Å². The van der Waals surface area contributed by atoms with Gasteiger partial charge in [0.25, 0.3) is 5.91 Å². The van der Waals surface area contributed by atoms with Crippen molar-refractivity contribution in [3.8, 4) is 5.75 Å². The van der Waals surface area contributed by atoms with Crippen molar-refractivity contribution in [2.45, 2.75) is 38.3 Å². The number of nitrogens with one attached hydrogen (secondary N) is 1. The number of nitrogens with zero attached hydrogens (tertiary/aromatic N) is 5. The quantitative estimate of drug-likeness (QED) is 0.526. The van der Waals surface area contributed by atoms with Gasteiger partial charge in [-0.05, 0) is 43.4 Å². The number of aliphatic hydroxyl groups is 1. The molecule has 3 atom stereocenters. The number of benzene rings is 1. The fourth-order valence-corrected chi connectivity index (χ4v) is 4.43. The first kappa shape index (κ1) is 19.5. The van der Waals surface area contributed by atoms with Crippen LogP contribution in [0.2, 0.25) is 0 Å². The summed E-state index contributed by atoms with van der Waals surface area (Å²) in [5.74, 6) is 0.940. The van der Waals surface area contributed by atoms with Crippen molar-refractivity contribution in [2.75, 3.05) is 12.4 Å². The standard InChI is InChI=1S/C22H24N6O3/c1-13-8-15(29)5-6-18(13)27-12-14-9-16(19(31-2)10-17(14)26-27)22(30)25-21-11-23-20-4-3-7-24-28(20)21/h3-4,7,9-13,15,18,29H,5-6,8H2,1-2H3,(H,25,30)/t13-,15?,18?/m1/s1. The van der Waals surface area contributed by atoms with E-state index in [2.05, 4.69) is 22.3 Å². The number of methoxy groups -OCH3 is 1. The molecule has 1 aromatic carbocycles. The highest BCUT2D eigenvalue weighted by molar-refractivity contribution is 6.08. The highest BCUT2D eigenvalue weighted by atomic mass is 16.5. The monoisotopic (exact) mass is 420 g/mol. The zero-order valence-corrected chi connectivity index (χ0v) is 17.4. The van der Waals surface area contributed by atoms with Gasteiger partial charge in [-0.15, -0.1) is 0 Å². The molecular formula is C22H24N6O3. The largest absolute Gasteiger partial charge is 0.496 e. The molecule has 1 amide bonds. The van der Waals surface area contributed by atoms with Crippen LogP contribution in [0.5, 0.6) is 5.75 Å². The van der Waals surface area contributed by atoms with Gasteiger partial charge in [-0.2, -0.15) is 14.7 Å². The number of carbonyl (C=O) groups excluding carboxylic acids is 1. The number of aliphatic hydroxyl groups excluding tert-OH is 1. The van der Waals surface area contributed by atoms with E-state index < -0.39 is 0 Å². The number of hydrogen-bond donors (Lipinski definition) is 2. The molecule has 2 N–H and O–H groups in total. The molecule has 0 spiro atoms. The Labute approximate surface area is 178 Å². The number of fused-ring (bicyclic) bond motifs is 2. The van der Waals surface area contributed by atoms with Gasteiger partial charge in [0.05, 0.1) is 36.5 Å². The van der Waals surface area contributed by atoms with Gasteiger partial charge in [0.2, 0.25) is 0 Å². The fraction of sp³-hybridized carbons (Fsp3) is 0.364. The number of anilines is 1. The topological polar surface area (TPSA) is 107 Å². The van der Waals surface area contributed by atoms with Gasteiger partial charge in [0, 0.05) is 23.8 Å². The molecule has 3 heterocycles. The minimum absolute atomic E-state index is 0.225. The smallest absolute Gasteiger partial charge is 0.260 e. The average molecular weight is 420 g/mol. The molecule has 1 saturated carbocycles. The fourth-order valence-electron chi connectivity index (χ4n) is 4.43. The Kier molecular flexibility index (Phi) is 4.82. The van der Waals surface area contributed by atoms with E-state index in [1.54, 1.807) is 35.1 Å². The van der Waals surface area contributed by atoms with E-state index in [0.717, 1.165) is 30.2 Å². The SMILES string of the molecule is COc1cc2nn(C3CCC(O)C[C@H]3C)cc2cc1C(=O)Nc1cnc2cccnn12. The maximum atomic E-state index is 13.1. The molecule has 2 unspecified atom stereocenters. The third kappa shape index (κ3) is 3.50. The van der Waals surface area contributed by atoms with E-state index in [1.165, 1.54) is 7.11 Å². The van der Waals surface area contributed by atoms with Crippen LogP contribution in [-0.2, 0) is 0 Å². The highest BCUT2D eigenvalue weighted by Crippen LogP contribution is 2.35. The van der Waals surface area contributed by atoms with E-state index in [0.29, 0.717) is 28.7 Å². The summed E-state index contributed by atoms with van der Waals surface area (Å²) in [7, 11) is 1.54. The molecule has 160 valence electrons. The molecule has 4 aromatic rings. The second kappa shape index (κ2) is 7.66. The summed E-state index contributed by atoms with van der Waals surface area (Å²) in [5.41, 5.74) is 1.82. The van der Waals surface area contributed by atoms with Crippen LogP contribution < -0.4 is 10.1 Å². The van der Waals surface area contributed by atoms with Crippen LogP contribution in [0.15, 0.2) is 42.9 Å². The molecular weight excluding hydrogens is 396 g/mol. The zero-order valence-electron chi connectivity index (χ0n) is 17.4. The molecule has 5 rings (SSSR count). The van der Waals surface area contributed by atoms with Crippen molar-refractivity contribution < 1.29 is 14.6 Å².